The Morgan fingerprint density at radius 2 is 0.774 bits per heavy atom. The maximum atomic E-state index is 6.54. The van der Waals surface area contributed by atoms with Gasteiger partial charge in [-0.25, -0.2) is 0 Å². The molecule has 0 saturated heterocycles. The first-order valence-electron chi connectivity index (χ1n) is 18.1. The van der Waals surface area contributed by atoms with E-state index < -0.39 is 0 Å². The van der Waals surface area contributed by atoms with Crippen LogP contribution in [0.25, 0.3) is 115 Å². The van der Waals surface area contributed by atoms with Crippen molar-refractivity contribution in [3.8, 4) is 27.9 Å². The van der Waals surface area contributed by atoms with Gasteiger partial charge in [-0.05, 0) is 104 Å². The van der Waals surface area contributed by atoms with Crippen LogP contribution in [0.5, 0.6) is 0 Å². The second-order valence-electron chi connectivity index (χ2n) is 14.0. The number of aromatic nitrogens is 1. The molecule has 3 aromatic heterocycles. The molecular weight excluding hydrogens is 647 g/mol. The van der Waals surface area contributed by atoms with Crippen LogP contribution in [0.4, 0.5) is 0 Å². The summed E-state index contributed by atoms with van der Waals surface area (Å²) in [6.07, 6.45) is 0. The lowest BCUT2D eigenvalue weighted by molar-refractivity contribution is 0.633. The summed E-state index contributed by atoms with van der Waals surface area (Å²) in [5, 5.41) is 11.7. The number of para-hydroxylation sites is 3. The standard InChI is InChI=1S/C50H29NO2/c1-2-12-32(13-3-1)51-43-20-10-8-14-33(43)41-28-30(22-26-44(41)51)47-35-16-4-6-18-37(35)48(38-19-7-5-17-36(38)47)31-23-27-46-42(29-31)40-25-24-39-34-15-9-11-21-45(34)52-49(39)50(40)53-46/h1-29H. The maximum absolute atomic E-state index is 6.54. The fraction of sp³-hybridized carbons (Fsp3) is 0. The zero-order valence-electron chi connectivity index (χ0n) is 28.5. The highest BCUT2D eigenvalue weighted by atomic mass is 16.4. The van der Waals surface area contributed by atoms with E-state index in [1.54, 1.807) is 0 Å². The number of hydrogen-bond acceptors (Lipinski definition) is 2. The van der Waals surface area contributed by atoms with Crippen LogP contribution in [0.1, 0.15) is 0 Å². The predicted octanol–water partition coefficient (Wildman–Crippen LogP) is 14.2. The molecule has 0 N–H and O–H groups in total. The van der Waals surface area contributed by atoms with Gasteiger partial charge in [-0.3, -0.25) is 0 Å². The lowest BCUT2D eigenvalue weighted by Gasteiger charge is -2.18. The number of benzene rings is 9. The van der Waals surface area contributed by atoms with Crippen molar-refractivity contribution in [2.45, 2.75) is 0 Å². The Hall–Kier alpha value is -7.10. The second-order valence-corrected chi connectivity index (χ2v) is 14.0. The highest BCUT2D eigenvalue weighted by molar-refractivity contribution is 6.24. The molecule has 0 unspecified atom stereocenters. The van der Waals surface area contributed by atoms with Crippen LogP contribution in [-0.4, -0.2) is 4.57 Å². The molecule has 246 valence electrons. The first-order chi connectivity index (χ1) is 26.3. The summed E-state index contributed by atoms with van der Waals surface area (Å²) >= 11 is 0. The van der Waals surface area contributed by atoms with Gasteiger partial charge in [0.25, 0.3) is 0 Å². The SMILES string of the molecule is c1ccc(-n2c3ccccc3c3cc(-c4c5ccccc5c(-c5ccc6oc7c(ccc8c9ccccc9oc87)c6c5)c5ccccc45)ccc32)cc1. The van der Waals surface area contributed by atoms with Gasteiger partial charge < -0.3 is 13.4 Å². The average molecular weight is 676 g/mol. The summed E-state index contributed by atoms with van der Waals surface area (Å²) in [5.74, 6) is 0. The van der Waals surface area contributed by atoms with E-state index in [1.165, 1.54) is 60.0 Å². The van der Waals surface area contributed by atoms with Gasteiger partial charge in [0.15, 0.2) is 11.2 Å². The summed E-state index contributed by atoms with van der Waals surface area (Å²) in [6.45, 7) is 0. The molecule has 12 rings (SSSR count). The zero-order valence-corrected chi connectivity index (χ0v) is 28.5. The van der Waals surface area contributed by atoms with E-state index in [4.69, 9.17) is 8.83 Å². The smallest absolute Gasteiger partial charge is 0.178 e. The Morgan fingerprint density at radius 3 is 1.43 bits per heavy atom. The molecule has 0 aliphatic rings. The fourth-order valence-corrected chi connectivity index (χ4v) is 8.91. The number of rotatable bonds is 3. The third kappa shape index (κ3) is 3.99. The molecule has 0 aliphatic heterocycles. The molecule has 12 aromatic rings. The molecule has 0 spiro atoms. The van der Waals surface area contributed by atoms with Gasteiger partial charge >= 0.3 is 0 Å². The van der Waals surface area contributed by atoms with Gasteiger partial charge in [-0.2, -0.15) is 0 Å². The van der Waals surface area contributed by atoms with Crippen LogP contribution in [-0.2, 0) is 0 Å². The minimum atomic E-state index is 0.792. The van der Waals surface area contributed by atoms with Crippen LogP contribution >= 0.6 is 0 Å². The Balaban J connectivity index is 1.11. The molecule has 0 bridgehead atoms. The van der Waals surface area contributed by atoms with Gasteiger partial charge in [0, 0.05) is 38.0 Å². The van der Waals surface area contributed by atoms with E-state index >= 15 is 0 Å². The maximum Gasteiger partial charge on any atom is 0.178 e. The second kappa shape index (κ2) is 10.7. The largest absolute Gasteiger partial charge is 0.452 e. The highest BCUT2D eigenvalue weighted by Crippen LogP contribution is 2.46. The molecule has 0 saturated carbocycles. The molecule has 3 heterocycles. The van der Waals surface area contributed by atoms with Crippen LogP contribution in [0.3, 0.4) is 0 Å². The molecule has 3 heteroatoms. The number of fused-ring (bicyclic) bond motifs is 12. The van der Waals surface area contributed by atoms with Crippen molar-refractivity contribution in [1.29, 1.82) is 0 Å². The van der Waals surface area contributed by atoms with Crippen molar-refractivity contribution in [3.05, 3.63) is 176 Å². The quantitative estimate of drug-likeness (QED) is 0.175. The molecular formula is C50H29NO2. The molecule has 0 aliphatic carbocycles. The highest BCUT2D eigenvalue weighted by Gasteiger charge is 2.21. The Morgan fingerprint density at radius 1 is 0.302 bits per heavy atom. The van der Waals surface area contributed by atoms with Gasteiger partial charge in [0.1, 0.15) is 11.2 Å². The zero-order chi connectivity index (χ0) is 34.6. The van der Waals surface area contributed by atoms with E-state index in [9.17, 15) is 0 Å². The number of furan rings is 2. The molecule has 9 aromatic carbocycles. The van der Waals surface area contributed by atoms with Crippen molar-refractivity contribution in [2.75, 3.05) is 0 Å². The first kappa shape index (κ1) is 28.6. The normalized spacial score (nSPS) is 12.2. The molecule has 53 heavy (non-hydrogen) atoms. The Bertz CT molecular complexity index is 3390. The van der Waals surface area contributed by atoms with E-state index in [2.05, 4.69) is 168 Å². The topological polar surface area (TPSA) is 31.2 Å². The molecule has 0 amide bonds. The summed E-state index contributed by atoms with van der Waals surface area (Å²) < 4.78 is 15.3. The summed E-state index contributed by atoms with van der Waals surface area (Å²) in [6, 6.07) is 63.3. The van der Waals surface area contributed by atoms with Gasteiger partial charge in [0.05, 0.1) is 11.0 Å². The number of nitrogens with zero attached hydrogens (tertiary/aromatic N) is 1. The van der Waals surface area contributed by atoms with E-state index in [1.807, 2.05) is 12.1 Å². The van der Waals surface area contributed by atoms with Crippen LogP contribution in [0.2, 0.25) is 0 Å². The van der Waals surface area contributed by atoms with Crippen molar-refractivity contribution in [3.63, 3.8) is 0 Å². The lowest BCUT2D eigenvalue weighted by atomic mass is 9.85. The Labute approximate surface area is 303 Å². The van der Waals surface area contributed by atoms with E-state index in [0.717, 1.165) is 55.1 Å². The first-order valence-corrected chi connectivity index (χ1v) is 18.1. The minimum absolute atomic E-state index is 0.792. The third-order valence-electron chi connectivity index (χ3n) is 11.2. The van der Waals surface area contributed by atoms with Crippen molar-refractivity contribution >= 4 is 87.2 Å². The third-order valence-corrected chi connectivity index (χ3v) is 11.2. The van der Waals surface area contributed by atoms with Gasteiger partial charge in [-0.1, -0.05) is 115 Å². The monoisotopic (exact) mass is 675 g/mol. The van der Waals surface area contributed by atoms with Crippen LogP contribution < -0.4 is 0 Å². The van der Waals surface area contributed by atoms with Crippen molar-refractivity contribution in [1.82, 2.24) is 4.57 Å². The molecule has 0 fully saturated rings. The summed E-state index contributed by atoms with van der Waals surface area (Å²) in [4.78, 5) is 0. The summed E-state index contributed by atoms with van der Waals surface area (Å²) in [7, 11) is 0. The predicted molar refractivity (Wildman–Crippen MR) is 221 cm³/mol. The minimum Gasteiger partial charge on any atom is -0.452 e. The Kier molecular flexibility index (Phi) is 5.77. The fourth-order valence-electron chi connectivity index (χ4n) is 8.91. The van der Waals surface area contributed by atoms with Crippen LogP contribution in [0.15, 0.2) is 185 Å². The van der Waals surface area contributed by atoms with Gasteiger partial charge in [-0.15, -0.1) is 0 Å². The van der Waals surface area contributed by atoms with Crippen molar-refractivity contribution < 1.29 is 8.83 Å². The molecule has 3 nitrogen and oxygen atoms in total. The lowest BCUT2D eigenvalue weighted by Crippen LogP contribution is -1.93. The van der Waals surface area contributed by atoms with E-state index in [-0.39, 0.29) is 0 Å². The van der Waals surface area contributed by atoms with Crippen molar-refractivity contribution in [2.24, 2.45) is 0 Å². The average Bonchev–Trinajstić information content (AvgIpc) is 3.89. The summed E-state index contributed by atoms with van der Waals surface area (Å²) in [5.41, 5.74) is 11.7. The number of hydrogen-bond donors (Lipinski definition) is 0. The van der Waals surface area contributed by atoms with Crippen LogP contribution in [0, 0.1) is 0 Å². The van der Waals surface area contributed by atoms with Gasteiger partial charge in [0.2, 0.25) is 0 Å². The van der Waals surface area contributed by atoms with E-state index in [0.29, 0.717) is 0 Å². The molecule has 0 radical (unpaired) electrons. The molecule has 0 atom stereocenters.